The Bertz CT molecular complexity index is 180. The van der Waals surface area contributed by atoms with Crippen molar-refractivity contribution in [1.29, 1.82) is 0 Å². The van der Waals surface area contributed by atoms with Gasteiger partial charge < -0.3 is 10.6 Å². The highest BCUT2D eigenvalue weighted by atomic mass is 32.2. The normalized spacial score (nSPS) is 12.5. The number of carbonyl (C=O) groups excluding carboxylic acids is 1. The topological polar surface area (TPSA) is 46.3 Å². The minimum absolute atomic E-state index is 0.241. The standard InChI is InChI=1S/C12H26N2OS/c1-4-7-14(8-5-2)12(15)10-16-9-6-11(3)13/h11H,4-10,13H2,1-3H3. The molecule has 3 nitrogen and oxygen atoms in total. The first-order chi connectivity index (χ1) is 7.61. The van der Waals surface area contributed by atoms with Crippen LogP contribution in [0, 0.1) is 0 Å². The summed E-state index contributed by atoms with van der Waals surface area (Å²) in [5, 5.41) is 0. The van der Waals surface area contributed by atoms with E-state index in [1.54, 1.807) is 11.8 Å². The lowest BCUT2D eigenvalue weighted by atomic mass is 10.3. The molecule has 0 aliphatic rings. The molecule has 96 valence electrons. The van der Waals surface area contributed by atoms with Crippen molar-refractivity contribution in [2.24, 2.45) is 5.73 Å². The predicted molar refractivity (Wildman–Crippen MR) is 72.8 cm³/mol. The maximum atomic E-state index is 11.8. The monoisotopic (exact) mass is 246 g/mol. The fourth-order valence-corrected chi connectivity index (χ4v) is 2.46. The van der Waals surface area contributed by atoms with Crippen molar-refractivity contribution in [3.05, 3.63) is 0 Å². The van der Waals surface area contributed by atoms with Crippen LogP contribution < -0.4 is 5.73 Å². The minimum atomic E-state index is 0.241. The van der Waals surface area contributed by atoms with Crippen LogP contribution in [-0.2, 0) is 4.79 Å². The molecule has 1 amide bonds. The van der Waals surface area contributed by atoms with Crippen LogP contribution in [0.5, 0.6) is 0 Å². The molecule has 0 fully saturated rings. The Morgan fingerprint density at radius 2 is 1.88 bits per heavy atom. The summed E-state index contributed by atoms with van der Waals surface area (Å²) >= 11 is 1.70. The van der Waals surface area contributed by atoms with Gasteiger partial charge in [0.15, 0.2) is 0 Å². The van der Waals surface area contributed by atoms with E-state index in [1.165, 1.54) is 0 Å². The Morgan fingerprint density at radius 1 is 1.31 bits per heavy atom. The van der Waals surface area contributed by atoms with Gasteiger partial charge in [0.2, 0.25) is 5.91 Å². The molecule has 0 aromatic heterocycles. The third-order valence-electron chi connectivity index (χ3n) is 2.28. The number of nitrogens with zero attached hydrogens (tertiary/aromatic N) is 1. The highest BCUT2D eigenvalue weighted by molar-refractivity contribution is 7.99. The number of carbonyl (C=O) groups is 1. The first-order valence-electron chi connectivity index (χ1n) is 6.22. The largest absolute Gasteiger partial charge is 0.342 e. The second kappa shape index (κ2) is 9.97. The highest BCUT2D eigenvalue weighted by Crippen LogP contribution is 2.07. The van der Waals surface area contributed by atoms with E-state index in [0.29, 0.717) is 5.75 Å². The summed E-state index contributed by atoms with van der Waals surface area (Å²) < 4.78 is 0. The second-order valence-electron chi connectivity index (χ2n) is 4.20. The van der Waals surface area contributed by atoms with E-state index >= 15 is 0 Å². The summed E-state index contributed by atoms with van der Waals surface area (Å²) in [5.41, 5.74) is 5.66. The van der Waals surface area contributed by atoms with E-state index in [-0.39, 0.29) is 11.9 Å². The van der Waals surface area contributed by atoms with Crippen molar-refractivity contribution in [2.45, 2.75) is 46.1 Å². The van der Waals surface area contributed by atoms with E-state index in [1.807, 2.05) is 11.8 Å². The zero-order chi connectivity index (χ0) is 12.4. The van der Waals surface area contributed by atoms with Crippen LogP contribution in [0.25, 0.3) is 0 Å². The Labute approximate surface area is 104 Å². The third kappa shape index (κ3) is 7.99. The number of amides is 1. The molecule has 4 heteroatoms. The van der Waals surface area contributed by atoms with Crippen LogP contribution in [0.4, 0.5) is 0 Å². The molecule has 0 spiro atoms. The van der Waals surface area contributed by atoms with Crippen molar-refractivity contribution in [3.63, 3.8) is 0 Å². The fourth-order valence-electron chi connectivity index (χ4n) is 1.42. The smallest absolute Gasteiger partial charge is 0.232 e. The molecule has 0 bridgehead atoms. The van der Waals surface area contributed by atoms with Crippen molar-refractivity contribution >= 4 is 17.7 Å². The van der Waals surface area contributed by atoms with Crippen LogP contribution in [0.15, 0.2) is 0 Å². The average Bonchev–Trinajstić information content (AvgIpc) is 2.23. The van der Waals surface area contributed by atoms with Gasteiger partial charge in [-0.3, -0.25) is 4.79 Å². The van der Waals surface area contributed by atoms with Gasteiger partial charge in [-0.2, -0.15) is 11.8 Å². The van der Waals surface area contributed by atoms with Crippen LogP contribution in [0.2, 0.25) is 0 Å². The zero-order valence-electron chi connectivity index (χ0n) is 10.9. The molecule has 0 rings (SSSR count). The molecule has 2 N–H and O–H groups in total. The molecular weight excluding hydrogens is 220 g/mol. The number of hydrogen-bond acceptors (Lipinski definition) is 3. The molecule has 0 radical (unpaired) electrons. The van der Waals surface area contributed by atoms with Crippen molar-refractivity contribution in [2.75, 3.05) is 24.6 Å². The molecule has 0 aliphatic heterocycles. The molecule has 1 atom stereocenters. The quantitative estimate of drug-likeness (QED) is 0.634. The Balaban J connectivity index is 3.73. The predicted octanol–water partition coefficient (Wildman–Crippen LogP) is 2.11. The number of nitrogens with two attached hydrogens (primary N) is 1. The second-order valence-corrected chi connectivity index (χ2v) is 5.30. The minimum Gasteiger partial charge on any atom is -0.342 e. The maximum absolute atomic E-state index is 11.8. The van der Waals surface area contributed by atoms with Gasteiger partial charge in [0, 0.05) is 19.1 Å². The Kier molecular flexibility index (Phi) is 9.83. The molecule has 0 aliphatic carbocycles. The zero-order valence-corrected chi connectivity index (χ0v) is 11.7. The summed E-state index contributed by atoms with van der Waals surface area (Å²) in [6.07, 6.45) is 3.06. The van der Waals surface area contributed by atoms with E-state index in [9.17, 15) is 4.79 Å². The average molecular weight is 246 g/mol. The van der Waals surface area contributed by atoms with Gasteiger partial charge in [-0.15, -0.1) is 0 Å². The summed E-state index contributed by atoms with van der Waals surface area (Å²) in [7, 11) is 0. The maximum Gasteiger partial charge on any atom is 0.232 e. The van der Waals surface area contributed by atoms with Crippen molar-refractivity contribution < 1.29 is 4.79 Å². The number of hydrogen-bond donors (Lipinski definition) is 1. The Morgan fingerprint density at radius 3 is 2.31 bits per heavy atom. The number of thioether (sulfide) groups is 1. The molecule has 16 heavy (non-hydrogen) atoms. The van der Waals surface area contributed by atoms with Gasteiger partial charge in [-0.25, -0.2) is 0 Å². The van der Waals surface area contributed by atoms with Gasteiger partial charge in [0.25, 0.3) is 0 Å². The van der Waals surface area contributed by atoms with E-state index in [2.05, 4.69) is 13.8 Å². The van der Waals surface area contributed by atoms with Crippen LogP contribution >= 0.6 is 11.8 Å². The van der Waals surface area contributed by atoms with Crippen LogP contribution in [-0.4, -0.2) is 41.4 Å². The van der Waals surface area contributed by atoms with Gasteiger partial charge in [-0.05, 0) is 31.9 Å². The summed E-state index contributed by atoms with van der Waals surface area (Å²) in [5.74, 6) is 1.86. The first kappa shape index (κ1) is 15.8. The SMILES string of the molecule is CCCN(CCC)C(=O)CSCCC(C)N. The summed E-state index contributed by atoms with van der Waals surface area (Å²) in [6, 6.07) is 0.241. The first-order valence-corrected chi connectivity index (χ1v) is 7.38. The molecule has 0 aromatic carbocycles. The van der Waals surface area contributed by atoms with E-state index in [0.717, 1.165) is 38.1 Å². The van der Waals surface area contributed by atoms with Crippen LogP contribution in [0.1, 0.15) is 40.0 Å². The summed E-state index contributed by atoms with van der Waals surface area (Å²) in [4.78, 5) is 13.8. The van der Waals surface area contributed by atoms with Gasteiger partial charge in [0.05, 0.1) is 5.75 Å². The lowest BCUT2D eigenvalue weighted by Crippen LogP contribution is -2.34. The molecule has 1 unspecified atom stereocenters. The van der Waals surface area contributed by atoms with E-state index < -0.39 is 0 Å². The Hall–Kier alpha value is -0.220. The van der Waals surface area contributed by atoms with Crippen LogP contribution in [0.3, 0.4) is 0 Å². The van der Waals surface area contributed by atoms with Crippen molar-refractivity contribution in [3.8, 4) is 0 Å². The van der Waals surface area contributed by atoms with E-state index in [4.69, 9.17) is 5.73 Å². The fraction of sp³-hybridized carbons (Fsp3) is 0.917. The lowest BCUT2D eigenvalue weighted by molar-refractivity contribution is -0.128. The van der Waals surface area contributed by atoms with Gasteiger partial charge >= 0.3 is 0 Å². The van der Waals surface area contributed by atoms with Gasteiger partial charge in [0.1, 0.15) is 0 Å². The molecular formula is C12H26N2OS. The summed E-state index contributed by atoms with van der Waals surface area (Å²) in [6.45, 7) is 8.00. The lowest BCUT2D eigenvalue weighted by Gasteiger charge is -2.21. The molecule has 0 saturated carbocycles. The molecule has 0 saturated heterocycles. The molecule has 0 heterocycles. The highest BCUT2D eigenvalue weighted by Gasteiger charge is 2.11. The van der Waals surface area contributed by atoms with Gasteiger partial charge in [-0.1, -0.05) is 13.8 Å². The van der Waals surface area contributed by atoms with Crippen molar-refractivity contribution in [1.82, 2.24) is 4.90 Å². The third-order valence-corrected chi connectivity index (χ3v) is 3.26. The number of rotatable bonds is 9. The molecule has 0 aromatic rings.